The van der Waals surface area contributed by atoms with Crippen molar-refractivity contribution in [3.8, 4) is 0 Å². The van der Waals surface area contributed by atoms with Crippen LogP contribution in [0.3, 0.4) is 0 Å². The third-order valence-corrected chi connectivity index (χ3v) is 2.93. The number of hydrogen-bond acceptors (Lipinski definition) is 5. The zero-order valence-corrected chi connectivity index (χ0v) is 8.86. The van der Waals surface area contributed by atoms with Crippen molar-refractivity contribution in [3.63, 3.8) is 0 Å². The lowest BCUT2D eigenvalue weighted by atomic mass is 10.2. The van der Waals surface area contributed by atoms with Gasteiger partial charge in [-0.05, 0) is 6.07 Å². The second-order valence-corrected chi connectivity index (χ2v) is 4.06. The molecule has 82 valence electrons. The molecule has 1 aliphatic rings. The molecule has 0 aliphatic carbocycles. The minimum atomic E-state index is -0.527. The maximum Gasteiger partial charge on any atom is 0.271 e. The van der Waals surface area contributed by atoms with Crippen molar-refractivity contribution >= 4 is 34.2 Å². The van der Waals surface area contributed by atoms with Crippen LogP contribution in [0.15, 0.2) is 24.3 Å². The Kier molecular flexibility index (Phi) is 2.61. The molecule has 1 saturated heterocycles. The van der Waals surface area contributed by atoms with E-state index in [4.69, 9.17) is 5.41 Å². The van der Waals surface area contributed by atoms with Gasteiger partial charge in [-0.15, -0.1) is 0 Å². The minimum absolute atomic E-state index is 0.0880. The number of nitrogens with zero attached hydrogens (tertiary/aromatic N) is 2. The van der Waals surface area contributed by atoms with E-state index in [1.807, 2.05) is 0 Å². The van der Waals surface area contributed by atoms with Crippen LogP contribution in [0.5, 0.6) is 0 Å². The SMILES string of the molecule is N=C1SCC(=O)N1c1cccc([N+](=O)[O-])c1. The first kappa shape index (κ1) is 10.6. The fourth-order valence-corrected chi connectivity index (χ4v) is 2.10. The molecule has 0 bridgehead atoms. The van der Waals surface area contributed by atoms with E-state index in [2.05, 4.69) is 0 Å². The number of nitro groups is 1. The van der Waals surface area contributed by atoms with Crippen LogP contribution in [-0.4, -0.2) is 21.8 Å². The van der Waals surface area contributed by atoms with Gasteiger partial charge < -0.3 is 0 Å². The number of hydrogen-bond donors (Lipinski definition) is 1. The van der Waals surface area contributed by atoms with Gasteiger partial charge in [-0.2, -0.15) is 0 Å². The molecule has 1 N–H and O–H groups in total. The van der Waals surface area contributed by atoms with Crippen molar-refractivity contribution in [3.05, 3.63) is 34.4 Å². The van der Waals surface area contributed by atoms with Crippen LogP contribution in [0.25, 0.3) is 0 Å². The van der Waals surface area contributed by atoms with Gasteiger partial charge in [0.05, 0.1) is 16.4 Å². The number of nitrogens with one attached hydrogen (secondary N) is 1. The van der Waals surface area contributed by atoms with E-state index in [0.717, 1.165) is 11.8 Å². The molecule has 6 nitrogen and oxygen atoms in total. The minimum Gasteiger partial charge on any atom is -0.278 e. The van der Waals surface area contributed by atoms with Gasteiger partial charge in [-0.3, -0.25) is 25.2 Å². The topological polar surface area (TPSA) is 87.3 Å². The van der Waals surface area contributed by atoms with Crippen LogP contribution in [0.1, 0.15) is 0 Å². The van der Waals surface area contributed by atoms with Gasteiger partial charge in [-0.25, -0.2) is 0 Å². The number of carbonyl (C=O) groups excluding carboxylic acids is 1. The van der Waals surface area contributed by atoms with E-state index in [9.17, 15) is 14.9 Å². The number of thioether (sulfide) groups is 1. The van der Waals surface area contributed by atoms with Crippen molar-refractivity contribution in [2.45, 2.75) is 0 Å². The molecule has 1 aromatic carbocycles. The molecule has 1 aliphatic heterocycles. The molecule has 0 saturated carbocycles. The maximum absolute atomic E-state index is 11.5. The summed E-state index contributed by atoms with van der Waals surface area (Å²) in [7, 11) is 0. The Labute approximate surface area is 94.9 Å². The van der Waals surface area contributed by atoms with Gasteiger partial charge in [0, 0.05) is 12.1 Å². The third kappa shape index (κ3) is 1.76. The Balaban J connectivity index is 2.40. The van der Waals surface area contributed by atoms with Crippen LogP contribution < -0.4 is 4.90 Å². The summed E-state index contributed by atoms with van der Waals surface area (Å²) in [6.07, 6.45) is 0. The van der Waals surface area contributed by atoms with E-state index in [1.165, 1.54) is 23.1 Å². The van der Waals surface area contributed by atoms with Gasteiger partial charge in [-0.1, -0.05) is 17.8 Å². The van der Waals surface area contributed by atoms with Crippen molar-refractivity contribution < 1.29 is 9.72 Å². The summed E-state index contributed by atoms with van der Waals surface area (Å²) in [5.74, 6) is -0.0165. The molecule has 16 heavy (non-hydrogen) atoms. The zero-order valence-electron chi connectivity index (χ0n) is 8.04. The molecular formula is C9H7N3O3S. The highest BCUT2D eigenvalue weighted by Gasteiger charge is 2.29. The highest BCUT2D eigenvalue weighted by Crippen LogP contribution is 2.28. The first-order valence-electron chi connectivity index (χ1n) is 4.38. The Morgan fingerprint density at radius 1 is 1.50 bits per heavy atom. The Morgan fingerprint density at radius 3 is 2.81 bits per heavy atom. The number of non-ortho nitro benzene ring substituents is 1. The summed E-state index contributed by atoms with van der Waals surface area (Å²) >= 11 is 1.11. The highest BCUT2D eigenvalue weighted by molar-refractivity contribution is 8.15. The van der Waals surface area contributed by atoms with Crippen LogP contribution >= 0.6 is 11.8 Å². The lowest BCUT2D eigenvalue weighted by Crippen LogP contribution is -2.28. The molecule has 0 spiro atoms. The zero-order chi connectivity index (χ0) is 11.7. The molecule has 1 aromatic rings. The molecule has 1 fully saturated rings. The Hall–Kier alpha value is -1.89. The highest BCUT2D eigenvalue weighted by atomic mass is 32.2. The van der Waals surface area contributed by atoms with Crippen molar-refractivity contribution in [2.75, 3.05) is 10.7 Å². The number of benzene rings is 1. The maximum atomic E-state index is 11.5. The van der Waals surface area contributed by atoms with Crippen LogP contribution in [-0.2, 0) is 4.79 Å². The number of anilines is 1. The predicted octanol–water partition coefficient (Wildman–Crippen LogP) is 1.61. The van der Waals surface area contributed by atoms with Gasteiger partial charge >= 0.3 is 0 Å². The normalized spacial score (nSPS) is 15.6. The van der Waals surface area contributed by atoms with E-state index < -0.39 is 4.92 Å². The lowest BCUT2D eigenvalue weighted by molar-refractivity contribution is -0.384. The average molecular weight is 237 g/mol. The number of carbonyl (C=O) groups is 1. The molecule has 2 rings (SSSR count). The summed E-state index contributed by atoms with van der Waals surface area (Å²) in [5.41, 5.74) is 0.282. The lowest BCUT2D eigenvalue weighted by Gasteiger charge is -2.13. The van der Waals surface area contributed by atoms with Crippen molar-refractivity contribution in [1.82, 2.24) is 0 Å². The standard InChI is InChI=1S/C9H7N3O3S/c10-9-11(8(13)5-16-9)6-2-1-3-7(4-6)12(14)15/h1-4,10H,5H2. The van der Waals surface area contributed by atoms with E-state index in [-0.39, 0.29) is 22.5 Å². The smallest absolute Gasteiger partial charge is 0.271 e. The number of rotatable bonds is 2. The van der Waals surface area contributed by atoms with Crippen molar-refractivity contribution in [2.24, 2.45) is 0 Å². The number of amides is 1. The summed E-state index contributed by atoms with van der Waals surface area (Å²) in [5, 5.41) is 18.2. The largest absolute Gasteiger partial charge is 0.278 e. The third-order valence-electron chi connectivity index (χ3n) is 2.08. The first-order valence-corrected chi connectivity index (χ1v) is 5.37. The molecule has 1 heterocycles. The van der Waals surface area contributed by atoms with Gasteiger partial charge in [0.2, 0.25) is 5.91 Å². The molecular weight excluding hydrogens is 230 g/mol. The van der Waals surface area contributed by atoms with E-state index in [0.29, 0.717) is 5.69 Å². The van der Waals surface area contributed by atoms with Crippen LogP contribution in [0, 0.1) is 15.5 Å². The number of nitro benzene ring substituents is 1. The average Bonchev–Trinajstić information content (AvgIpc) is 2.59. The summed E-state index contributed by atoms with van der Waals surface area (Å²) in [6, 6.07) is 5.71. The molecule has 0 radical (unpaired) electrons. The Bertz CT molecular complexity index is 473. The second-order valence-electron chi connectivity index (χ2n) is 3.10. The Morgan fingerprint density at radius 2 is 2.25 bits per heavy atom. The monoisotopic (exact) mass is 237 g/mol. The van der Waals surface area contributed by atoms with Crippen LogP contribution in [0.2, 0.25) is 0 Å². The second kappa shape index (κ2) is 3.93. The summed E-state index contributed by atoms with van der Waals surface area (Å²) < 4.78 is 0. The fraction of sp³-hybridized carbons (Fsp3) is 0.111. The molecule has 1 amide bonds. The van der Waals surface area contributed by atoms with E-state index >= 15 is 0 Å². The predicted molar refractivity (Wildman–Crippen MR) is 60.8 cm³/mol. The fourth-order valence-electron chi connectivity index (χ4n) is 1.38. The molecule has 0 atom stereocenters. The van der Waals surface area contributed by atoms with Crippen molar-refractivity contribution in [1.29, 1.82) is 5.41 Å². The van der Waals surface area contributed by atoms with Gasteiger partial charge in [0.15, 0.2) is 5.17 Å². The summed E-state index contributed by atoms with van der Waals surface area (Å²) in [6.45, 7) is 0. The molecule has 7 heteroatoms. The quantitative estimate of drug-likeness (QED) is 0.625. The first-order chi connectivity index (χ1) is 7.59. The summed E-state index contributed by atoms with van der Waals surface area (Å²) in [4.78, 5) is 22.7. The molecule has 0 unspecified atom stereocenters. The van der Waals surface area contributed by atoms with E-state index in [1.54, 1.807) is 6.07 Å². The molecule has 0 aromatic heterocycles. The van der Waals surface area contributed by atoms with Crippen LogP contribution in [0.4, 0.5) is 11.4 Å². The van der Waals surface area contributed by atoms with Gasteiger partial charge in [0.1, 0.15) is 0 Å². The number of amidine groups is 1. The van der Waals surface area contributed by atoms with Gasteiger partial charge in [0.25, 0.3) is 5.69 Å².